The van der Waals surface area contributed by atoms with Crippen LogP contribution in [0.3, 0.4) is 0 Å². The number of hydrogen-bond donors (Lipinski definition) is 2. The second-order valence-corrected chi connectivity index (χ2v) is 5.93. The van der Waals surface area contributed by atoms with Crippen molar-refractivity contribution in [3.05, 3.63) is 17.5 Å². The molecule has 1 aliphatic carbocycles. The third-order valence-electron chi connectivity index (χ3n) is 4.57. The number of ether oxygens (including phenoxy) is 2. The van der Waals surface area contributed by atoms with Crippen LogP contribution in [-0.2, 0) is 15.9 Å². The van der Waals surface area contributed by atoms with Gasteiger partial charge in [0.1, 0.15) is 5.69 Å². The van der Waals surface area contributed by atoms with Crippen molar-refractivity contribution in [1.82, 2.24) is 15.5 Å². The second-order valence-electron chi connectivity index (χ2n) is 5.93. The number of aromatic nitrogens is 2. The van der Waals surface area contributed by atoms with E-state index in [1.807, 2.05) is 6.07 Å². The van der Waals surface area contributed by atoms with Crippen molar-refractivity contribution in [2.24, 2.45) is 11.8 Å². The van der Waals surface area contributed by atoms with Crippen molar-refractivity contribution < 1.29 is 14.3 Å². The highest BCUT2D eigenvalue weighted by Crippen LogP contribution is 2.43. The summed E-state index contributed by atoms with van der Waals surface area (Å²) in [5.41, 5.74) is 1.48. The van der Waals surface area contributed by atoms with E-state index in [2.05, 4.69) is 22.4 Å². The fourth-order valence-corrected chi connectivity index (χ4v) is 3.54. The molecule has 2 aliphatic rings. The quantitative estimate of drug-likeness (QED) is 0.824. The molecular weight excluding hydrogens is 270 g/mol. The summed E-state index contributed by atoms with van der Waals surface area (Å²) in [7, 11) is 1.69. The molecule has 21 heavy (non-hydrogen) atoms. The van der Waals surface area contributed by atoms with Gasteiger partial charge in [-0.2, -0.15) is 5.10 Å². The number of carbonyl (C=O) groups excluding carboxylic acids is 1. The molecule has 1 aromatic rings. The molecule has 0 bridgehead atoms. The number of nitrogens with zero attached hydrogens (tertiary/aromatic N) is 1. The van der Waals surface area contributed by atoms with Crippen molar-refractivity contribution in [1.29, 1.82) is 0 Å². The Bertz CT molecular complexity index is 502. The Balaban J connectivity index is 1.63. The van der Waals surface area contributed by atoms with Gasteiger partial charge in [0, 0.05) is 37.3 Å². The number of rotatable bonds is 6. The highest BCUT2D eigenvalue weighted by atomic mass is 16.5. The topological polar surface area (TPSA) is 76.2 Å². The van der Waals surface area contributed by atoms with E-state index in [9.17, 15) is 4.79 Å². The SMILES string of the molecule is CCCc1cc(C(=O)N[C@@H]2[C@@H](COC)[C@H]3OCC[C@@H]23)n[nH]1. The minimum Gasteiger partial charge on any atom is -0.384 e. The summed E-state index contributed by atoms with van der Waals surface area (Å²) < 4.78 is 11.0. The first-order chi connectivity index (χ1) is 10.2. The molecule has 1 saturated carbocycles. The van der Waals surface area contributed by atoms with Crippen LogP contribution in [0, 0.1) is 11.8 Å². The molecule has 3 rings (SSSR count). The van der Waals surface area contributed by atoms with Gasteiger partial charge in [-0.15, -0.1) is 0 Å². The lowest BCUT2D eigenvalue weighted by Crippen LogP contribution is -2.62. The minimum absolute atomic E-state index is 0.106. The average molecular weight is 293 g/mol. The van der Waals surface area contributed by atoms with Gasteiger partial charge in [0.25, 0.3) is 5.91 Å². The zero-order valence-electron chi connectivity index (χ0n) is 12.6. The summed E-state index contributed by atoms with van der Waals surface area (Å²) in [6, 6.07) is 1.97. The van der Waals surface area contributed by atoms with E-state index in [4.69, 9.17) is 9.47 Å². The van der Waals surface area contributed by atoms with Crippen LogP contribution in [0.4, 0.5) is 0 Å². The van der Waals surface area contributed by atoms with E-state index < -0.39 is 0 Å². The van der Waals surface area contributed by atoms with Crippen LogP contribution < -0.4 is 5.32 Å². The molecule has 1 aromatic heterocycles. The van der Waals surface area contributed by atoms with Gasteiger partial charge in [0.2, 0.25) is 0 Å². The Morgan fingerprint density at radius 3 is 3.24 bits per heavy atom. The van der Waals surface area contributed by atoms with Crippen LogP contribution >= 0.6 is 0 Å². The second kappa shape index (κ2) is 6.15. The molecule has 2 N–H and O–H groups in total. The van der Waals surface area contributed by atoms with Crippen LogP contribution in [0.1, 0.15) is 35.9 Å². The van der Waals surface area contributed by atoms with Crippen LogP contribution in [0.25, 0.3) is 0 Å². The number of aryl methyl sites for hydroxylation is 1. The molecule has 0 aromatic carbocycles. The van der Waals surface area contributed by atoms with Gasteiger partial charge in [-0.05, 0) is 18.9 Å². The van der Waals surface area contributed by atoms with Gasteiger partial charge in [0.15, 0.2) is 0 Å². The lowest BCUT2D eigenvalue weighted by atomic mass is 9.67. The Hall–Kier alpha value is -1.40. The zero-order chi connectivity index (χ0) is 14.8. The maximum Gasteiger partial charge on any atom is 0.272 e. The molecule has 0 radical (unpaired) electrons. The van der Waals surface area contributed by atoms with Gasteiger partial charge in [0.05, 0.1) is 12.7 Å². The number of amides is 1. The molecule has 2 heterocycles. The van der Waals surface area contributed by atoms with Crippen molar-refractivity contribution in [2.75, 3.05) is 20.3 Å². The molecule has 6 heteroatoms. The summed E-state index contributed by atoms with van der Waals surface area (Å²) in [5.74, 6) is 0.564. The van der Waals surface area contributed by atoms with Gasteiger partial charge >= 0.3 is 0 Å². The Labute approximate surface area is 124 Å². The molecule has 116 valence electrons. The zero-order valence-corrected chi connectivity index (χ0v) is 12.6. The van der Waals surface area contributed by atoms with Crippen molar-refractivity contribution in [3.8, 4) is 0 Å². The maximum absolute atomic E-state index is 12.3. The van der Waals surface area contributed by atoms with Crippen LogP contribution in [0.15, 0.2) is 6.07 Å². The lowest BCUT2D eigenvalue weighted by Gasteiger charge is -2.47. The van der Waals surface area contributed by atoms with E-state index in [0.29, 0.717) is 18.2 Å². The number of H-pyrrole nitrogens is 1. The summed E-state index contributed by atoms with van der Waals surface area (Å²) in [4.78, 5) is 12.3. The highest BCUT2D eigenvalue weighted by molar-refractivity contribution is 5.92. The standard InChI is InChI=1S/C15H23N3O3/c1-3-4-9-7-12(18-17-9)15(19)16-13-10-5-6-21-14(10)11(13)8-20-2/h7,10-11,13-14H,3-6,8H2,1-2H3,(H,16,19)(H,17,18)/t10-,11+,13-,14-/m0/s1. The molecule has 1 aliphatic heterocycles. The van der Waals surface area contributed by atoms with Crippen molar-refractivity contribution in [3.63, 3.8) is 0 Å². The number of fused-ring (bicyclic) bond motifs is 1. The van der Waals surface area contributed by atoms with E-state index in [1.54, 1.807) is 7.11 Å². The third kappa shape index (κ3) is 2.70. The summed E-state index contributed by atoms with van der Waals surface area (Å²) in [6.07, 6.45) is 3.19. The van der Waals surface area contributed by atoms with Gasteiger partial charge < -0.3 is 14.8 Å². The van der Waals surface area contributed by atoms with Gasteiger partial charge in [-0.25, -0.2) is 0 Å². The summed E-state index contributed by atoms with van der Waals surface area (Å²) in [6.45, 7) is 3.50. The molecule has 2 fully saturated rings. The van der Waals surface area contributed by atoms with Gasteiger partial charge in [-0.1, -0.05) is 13.3 Å². The molecule has 6 nitrogen and oxygen atoms in total. The fourth-order valence-electron chi connectivity index (χ4n) is 3.54. The van der Waals surface area contributed by atoms with E-state index in [-0.39, 0.29) is 24.0 Å². The molecule has 1 amide bonds. The largest absolute Gasteiger partial charge is 0.384 e. The Morgan fingerprint density at radius 2 is 2.48 bits per heavy atom. The number of nitrogens with one attached hydrogen (secondary N) is 2. The van der Waals surface area contributed by atoms with Crippen LogP contribution in [0.5, 0.6) is 0 Å². The van der Waals surface area contributed by atoms with Crippen molar-refractivity contribution in [2.45, 2.75) is 38.3 Å². The number of aromatic amines is 1. The monoisotopic (exact) mass is 293 g/mol. The normalized spacial score (nSPS) is 30.8. The predicted molar refractivity (Wildman–Crippen MR) is 77.0 cm³/mol. The maximum atomic E-state index is 12.3. The summed E-state index contributed by atoms with van der Waals surface area (Å²) >= 11 is 0. The Kier molecular flexibility index (Phi) is 4.26. The lowest BCUT2D eigenvalue weighted by molar-refractivity contribution is -0.0810. The highest BCUT2D eigenvalue weighted by Gasteiger charge is 2.54. The van der Waals surface area contributed by atoms with Crippen LogP contribution in [-0.4, -0.2) is 48.6 Å². The smallest absolute Gasteiger partial charge is 0.272 e. The first kappa shape index (κ1) is 14.5. The minimum atomic E-state index is -0.106. The van der Waals surface area contributed by atoms with E-state index >= 15 is 0 Å². The molecule has 0 spiro atoms. The van der Waals surface area contributed by atoms with E-state index in [0.717, 1.165) is 31.6 Å². The average Bonchev–Trinajstić information content (AvgIpc) is 3.10. The summed E-state index contributed by atoms with van der Waals surface area (Å²) in [5, 5.41) is 10.1. The molecule has 0 unspecified atom stereocenters. The molecule has 4 atom stereocenters. The molecular formula is C15H23N3O3. The third-order valence-corrected chi connectivity index (χ3v) is 4.57. The number of carbonyl (C=O) groups is 1. The van der Waals surface area contributed by atoms with Gasteiger partial charge in [-0.3, -0.25) is 9.89 Å². The van der Waals surface area contributed by atoms with Crippen molar-refractivity contribution >= 4 is 5.91 Å². The Morgan fingerprint density at radius 1 is 1.62 bits per heavy atom. The molecule has 1 saturated heterocycles. The number of hydrogen-bond acceptors (Lipinski definition) is 4. The first-order valence-corrected chi connectivity index (χ1v) is 7.70. The van der Waals surface area contributed by atoms with E-state index in [1.165, 1.54) is 0 Å². The predicted octanol–water partition coefficient (Wildman–Crippen LogP) is 1.14. The fraction of sp³-hybridized carbons (Fsp3) is 0.733. The number of methoxy groups -OCH3 is 1. The van der Waals surface area contributed by atoms with Crippen LogP contribution in [0.2, 0.25) is 0 Å². The first-order valence-electron chi connectivity index (χ1n) is 7.70.